The molecule has 0 aliphatic heterocycles. The van der Waals surface area contributed by atoms with Gasteiger partial charge in [0.05, 0.1) is 21.5 Å². The van der Waals surface area contributed by atoms with Crippen LogP contribution in [0.3, 0.4) is 0 Å². The fraction of sp³-hybridized carbons (Fsp3) is 0.278. The Hall–Kier alpha value is -1.90. The number of hydrogen-bond donors (Lipinski definition) is 1. The van der Waals surface area contributed by atoms with Crippen molar-refractivity contribution in [3.8, 4) is 5.75 Å². The van der Waals surface area contributed by atoms with Crippen LogP contribution in [0.15, 0.2) is 22.7 Å². The Bertz CT molecular complexity index is 896. The molecule has 0 unspecified atom stereocenters. The Labute approximate surface area is 173 Å². The highest BCUT2D eigenvalue weighted by Gasteiger charge is 2.25. The molecule has 144 valence electrons. The Kier molecular flexibility index (Phi) is 7.41. The van der Waals surface area contributed by atoms with Crippen molar-refractivity contribution in [1.29, 1.82) is 0 Å². The van der Waals surface area contributed by atoms with Gasteiger partial charge in [0.1, 0.15) is 10.8 Å². The van der Waals surface area contributed by atoms with Crippen LogP contribution in [-0.2, 0) is 9.53 Å². The van der Waals surface area contributed by atoms with Crippen molar-refractivity contribution in [2.45, 2.75) is 20.8 Å². The van der Waals surface area contributed by atoms with Crippen LogP contribution < -0.4 is 10.1 Å². The van der Waals surface area contributed by atoms with Crippen molar-refractivity contribution in [1.82, 2.24) is 0 Å². The number of benzene rings is 1. The summed E-state index contributed by atoms with van der Waals surface area (Å²) in [6.07, 6.45) is 0. The van der Waals surface area contributed by atoms with Gasteiger partial charge in [-0.3, -0.25) is 9.59 Å². The number of ether oxygens (including phenoxy) is 2. The lowest BCUT2D eigenvalue weighted by Gasteiger charge is -2.09. The zero-order valence-corrected chi connectivity index (χ0v) is 18.0. The number of halogens is 2. The van der Waals surface area contributed by atoms with Gasteiger partial charge in [0.2, 0.25) is 0 Å². The third-order valence-corrected chi connectivity index (χ3v) is 5.61. The average Bonchev–Trinajstić information content (AvgIpc) is 2.90. The molecule has 0 spiro atoms. The molecule has 0 bridgehead atoms. The van der Waals surface area contributed by atoms with E-state index in [-0.39, 0.29) is 29.6 Å². The van der Waals surface area contributed by atoms with Crippen LogP contribution in [0.2, 0.25) is 5.02 Å². The summed E-state index contributed by atoms with van der Waals surface area (Å²) in [5.41, 5.74) is 0.677. The van der Waals surface area contributed by atoms with Gasteiger partial charge in [-0.05, 0) is 60.5 Å². The second-order valence-electron chi connectivity index (χ2n) is 5.45. The number of carbonyl (C=O) groups is 3. The maximum absolute atomic E-state index is 12.3. The van der Waals surface area contributed by atoms with E-state index in [2.05, 4.69) is 21.2 Å². The lowest BCUT2D eigenvalue weighted by atomic mass is 10.1. The van der Waals surface area contributed by atoms with Gasteiger partial charge in [0.15, 0.2) is 12.4 Å². The summed E-state index contributed by atoms with van der Waals surface area (Å²) in [6, 6.07) is 4.92. The van der Waals surface area contributed by atoms with Gasteiger partial charge in [-0.2, -0.15) is 0 Å². The van der Waals surface area contributed by atoms with E-state index in [4.69, 9.17) is 21.1 Å². The van der Waals surface area contributed by atoms with E-state index in [1.54, 1.807) is 32.0 Å². The SMILES string of the molecule is CCOC(=O)c1c(NC(=O)COc2ccc(Cl)cc2Br)sc(C(C)=O)c1C. The molecule has 9 heteroatoms. The van der Waals surface area contributed by atoms with Gasteiger partial charge in [0, 0.05) is 5.02 Å². The van der Waals surface area contributed by atoms with Crippen LogP contribution in [0.1, 0.15) is 39.4 Å². The van der Waals surface area contributed by atoms with Crippen LogP contribution >= 0.6 is 38.9 Å². The highest BCUT2D eigenvalue weighted by molar-refractivity contribution is 9.10. The Morgan fingerprint density at radius 2 is 2.00 bits per heavy atom. The number of amides is 1. The first-order chi connectivity index (χ1) is 12.7. The summed E-state index contributed by atoms with van der Waals surface area (Å²) >= 11 is 10.2. The van der Waals surface area contributed by atoms with Crippen LogP contribution in [0.25, 0.3) is 0 Å². The number of Topliss-reactive ketones (excluding diaryl/α,β-unsaturated/α-hetero) is 1. The molecule has 2 rings (SSSR count). The van der Waals surface area contributed by atoms with Crippen molar-refractivity contribution in [3.63, 3.8) is 0 Å². The molecule has 0 aliphatic carbocycles. The minimum absolute atomic E-state index is 0.185. The molecule has 1 amide bonds. The maximum atomic E-state index is 12.3. The van der Waals surface area contributed by atoms with Crippen molar-refractivity contribution in [2.24, 2.45) is 0 Å². The second-order valence-corrected chi connectivity index (χ2v) is 7.76. The fourth-order valence-electron chi connectivity index (χ4n) is 2.28. The Balaban J connectivity index is 2.17. The molecule has 2 aromatic rings. The molecule has 0 saturated carbocycles. The first-order valence-corrected chi connectivity index (χ1v) is 9.92. The smallest absolute Gasteiger partial charge is 0.341 e. The topological polar surface area (TPSA) is 81.7 Å². The summed E-state index contributed by atoms with van der Waals surface area (Å²) in [7, 11) is 0. The summed E-state index contributed by atoms with van der Waals surface area (Å²) in [4.78, 5) is 36.7. The number of ketones is 1. The number of thiophene rings is 1. The monoisotopic (exact) mass is 473 g/mol. The number of esters is 1. The van der Waals surface area contributed by atoms with Crippen molar-refractivity contribution >= 4 is 61.5 Å². The zero-order valence-electron chi connectivity index (χ0n) is 14.9. The molecular weight excluding hydrogens is 458 g/mol. The molecule has 0 atom stereocenters. The van der Waals surface area contributed by atoms with E-state index >= 15 is 0 Å². The molecule has 1 aromatic carbocycles. The summed E-state index contributed by atoms with van der Waals surface area (Å²) in [5.74, 6) is -0.800. The number of hydrogen-bond acceptors (Lipinski definition) is 6. The molecule has 0 radical (unpaired) electrons. The summed E-state index contributed by atoms with van der Waals surface area (Å²) in [5, 5.41) is 3.42. The van der Waals surface area contributed by atoms with E-state index in [1.165, 1.54) is 6.92 Å². The van der Waals surface area contributed by atoms with Gasteiger partial charge in [0.25, 0.3) is 5.91 Å². The molecule has 0 fully saturated rings. The second kappa shape index (κ2) is 9.34. The van der Waals surface area contributed by atoms with Crippen molar-refractivity contribution < 1.29 is 23.9 Å². The average molecular weight is 475 g/mol. The van der Waals surface area contributed by atoms with Crippen LogP contribution in [0.4, 0.5) is 5.00 Å². The molecular formula is C18H17BrClNO5S. The van der Waals surface area contributed by atoms with E-state index in [0.717, 1.165) is 11.3 Å². The molecule has 1 N–H and O–H groups in total. The predicted octanol–water partition coefficient (Wildman–Crippen LogP) is 4.87. The molecule has 1 aromatic heterocycles. The minimum atomic E-state index is -0.588. The Morgan fingerprint density at radius 1 is 1.30 bits per heavy atom. The van der Waals surface area contributed by atoms with Crippen molar-refractivity contribution in [2.75, 3.05) is 18.5 Å². The first-order valence-electron chi connectivity index (χ1n) is 7.93. The van der Waals surface area contributed by atoms with E-state index in [1.807, 2.05) is 0 Å². The number of anilines is 1. The van der Waals surface area contributed by atoms with Gasteiger partial charge in [-0.25, -0.2) is 4.79 Å². The van der Waals surface area contributed by atoms with E-state index < -0.39 is 11.9 Å². The molecule has 1 heterocycles. The standard InChI is InChI=1S/C18H17BrClNO5S/c1-4-25-18(24)15-9(2)16(10(3)22)27-17(15)21-14(23)8-26-13-6-5-11(20)7-12(13)19/h5-7H,4,8H2,1-3H3,(H,21,23). The minimum Gasteiger partial charge on any atom is -0.483 e. The zero-order chi connectivity index (χ0) is 20.1. The predicted molar refractivity (Wildman–Crippen MR) is 108 cm³/mol. The molecule has 6 nitrogen and oxygen atoms in total. The Morgan fingerprint density at radius 3 is 2.59 bits per heavy atom. The maximum Gasteiger partial charge on any atom is 0.341 e. The number of rotatable bonds is 7. The lowest BCUT2D eigenvalue weighted by molar-refractivity contribution is -0.118. The summed E-state index contributed by atoms with van der Waals surface area (Å²) < 4.78 is 11.1. The highest BCUT2D eigenvalue weighted by Crippen LogP contribution is 2.34. The van der Waals surface area contributed by atoms with E-state index in [9.17, 15) is 14.4 Å². The van der Waals surface area contributed by atoms with Gasteiger partial charge in [-0.15, -0.1) is 11.3 Å². The van der Waals surface area contributed by atoms with Crippen LogP contribution in [0.5, 0.6) is 5.75 Å². The van der Waals surface area contributed by atoms with Gasteiger partial charge >= 0.3 is 5.97 Å². The van der Waals surface area contributed by atoms with Crippen LogP contribution in [-0.4, -0.2) is 30.9 Å². The summed E-state index contributed by atoms with van der Waals surface area (Å²) in [6.45, 7) is 4.64. The van der Waals surface area contributed by atoms with Gasteiger partial charge < -0.3 is 14.8 Å². The number of nitrogens with one attached hydrogen (secondary N) is 1. The lowest BCUT2D eigenvalue weighted by Crippen LogP contribution is -2.21. The number of carbonyl (C=O) groups excluding carboxylic acids is 3. The van der Waals surface area contributed by atoms with E-state index in [0.29, 0.717) is 25.7 Å². The van der Waals surface area contributed by atoms with Gasteiger partial charge in [-0.1, -0.05) is 11.6 Å². The quantitative estimate of drug-likeness (QED) is 0.457. The third kappa shape index (κ3) is 5.31. The first kappa shape index (κ1) is 21.4. The van der Waals surface area contributed by atoms with Crippen molar-refractivity contribution in [3.05, 3.63) is 43.7 Å². The van der Waals surface area contributed by atoms with Crippen LogP contribution in [0, 0.1) is 6.92 Å². The molecule has 0 saturated heterocycles. The fourth-order valence-corrected chi connectivity index (χ4v) is 4.19. The normalized spacial score (nSPS) is 10.4. The largest absolute Gasteiger partial charge is 0.483 e. The molecule has 27 heavy (non-hydrogen) atoms. The third-order valence-electron chi connectivity index (χ3n) is 3.45. The molecule has 0 aliphatic rings. The highest BCUT2D eigenvalue weighted by atomic mass is 79.9.